The van der Waals surface area contributed by atoms with E-state index in [1.165, 1.54) is 31.3 Å². The van der Waals surface area contributed by atoms with Gasteiger partial charge in [-0.2, -0.15) is 18.2 Å². The van der Waals surface area contributed by atoms with Crippen LogP contribution in [-0.2, 0) is 12.8 Å². The van der Waals surface area contributed by atoms with Crippen molar-refractivity contribution in [3.63, 3.8) is 0 Å². The number of rotatable bonds is 4. The molecule has 2 aromatic rings. The van der Waals surface area contributed by atoms with E-state index in [4.69, 9.17) is 4.74 Å². The van der Waals surface area contributed by atoms with Gasteiger partial charge in [0.1, 0.15) is 18.2 Å². The molecule has 0 aliphatic carbocycles. The quantitative estimate of drug-likeness (QED) is 0.881. The zero-order chi connectivity index (χ0) is 15.5. The highest BCUT2D eigenvalue weighted by Gasteiger charge is 2.35. The van der Waals surface area contributed by atoms with Gasteiger partial charge in [0, 0.05) is 18.7 Å². The average Bonchev–Trinajstić information content (AvgIpc) is 2.45. The van der Waals surface area contributed by atoms with Crippen LogP contribution in [0.3, 0.4) is 0 Å². The summed E-state index contributed by atoms with van der Waals surface area (Å²) in [7, 11) is 1.42. The Kier molecular flexibility index (Phi) is 4.25. The Morgan fingerprint density at radius 2 is 1.90 bits per heavy atom. The van der Waals surface area contributed by atoms with Gasteiger partial charge in [-0.25, -0.2) is 9.37 Å². The molecule has 0 saturated heterocycles. The normalized spacial score (nSPS) is 11.3. The maximum atomic E-state index is 13.4. The van der Waals surface area contributed by atoms with Crippen LogP contribution in [0.15, 0.2) is 30.3 Å². The van der Waals surface area contributed by atoms with Crippen LogP contribution in [0.2, 0.25) is 0 Å². The molecule has 0 fully saturated rings. The van der Waals surface area contributed by atoms with E-state index >= 15 is 0 Å². The molecule has 21 heavy (non-hydrogen) atoms. The lowest BCUT2D eigenvalue weighted by Gasteiger charge is -2.11. The molecule has 8 heteroatoms. The fraction of sp³-hybridized carbons (Fsp3) is 0.231. The Balaban J connectivity index is 2.22. The first kappa shape index (κ1) is 15.0. The van der Waals surface area contributed by atoms with Crippen LogP contribution in [0.1, 0.15) is 11.4 Å². The molecular formula is C13H11F4N3O. The molecule has 0 radical (unpaired) electrons. The van der Waals surface area contributed by atoms with Crippen LogP contribution in [0.4, 0.5) is 23.4 Å². The van der Waals surface area contributed by atoms with E-state index in [2.05, 4.69) is 15.3 Å². The highest BCUT2D eigenvalue weighted by molar-refractivity contribution is 5.38. The van der Waals surface area contributed by atoms with Gasteiger partial charge in [0.05, 0.1) is 0 Å². The minimum Gasteiger partial charge on any atom is -0.473 e. The third-order valence-corrected chi connectivity index (χ3v) is 2.55. The van der Waals surface area contributed by atoms with Crippen LogP contribution < -0.4 is 10.1 Å². The second-order valence-electron chi connectivity index (χ2n) is 4.04. The SMILES string of the molecule is CNc1cc(OCc2ccccc2F)nc(C(F)(F)F)n1. The fourth-order valence-electron chi connectivity index (χ4n) is 1.52. The van der Waals surface area contributed by atoms with Crippen LogP contribution >= 0.6 is 0 Å². The average molecular weight is 301 g/mol. The first-order chi connectivity index (χ1) is 9.90. The first-order valence-corrected chi connectivity index (χ1v) is 5.90. The molecule has 0 aliphatic rings. The highest BCUT2D eigenvalue weighted by atomic mass is 19.4. The van der Waals surface area contributed by atoms with Gasteiger partial charge in [0.25, 0.3) is 0 Å². The fourth-order valence-corrected chi connectivity index (χ4v) is 1.52. The smallest absolute Gasteiger partial charge is 0.451 e. The summed E-state index contributed by atoms with van der Waals surface area (Å²) in [6.45, 7) is -0.232. The molecule has 2 rings (SSSR count). The minimum atomic E-state index is -4.69. The Morgan fingerprint density at radius 3 is 2.52 bits per heavy atom. The molecule has 0 amide bonds. The van der Waals surface area contributed by atoms with Gasteiger partial charge < -0.3 is 10.1 Å². The number of aromatic nitrogens is 2. The van der Waals surface area contributed by atoms with Crippen molar-refractivity contribution in [3.8, 4) is 5.88 Å². The topological polar surface area (TPSA) is 47.0 Å². The molecule has 4 nitrogen and oxygen atoms in total. The second kappa shape index (κ2) is 5.94. The van der Waals surface area contributed by atoms with E-state index in [9.17, 15) is 17.6 Å². The summed E-state index contributed by atoms with van der Waals surface area (Å²) in [5.74, 6) is -2.15. The second-order valence-corrected chi connectivity index (χ2v) is 4.04. The number of anilines is 1. The maximum Gasteiger partial charge on any atom is 0.451 e. The number of ether oxygens (including phenoxy) is 1. The molecule has 0 saturated carbocycles. The standard InChI is InChI=1S/C13H11F4N3O/c1-18-10-6-11(20-12(19-10)13(15,16)17)21-7-8-4-2-3-5-9(8)14/h2-6H,7H2,1H3,(H,18,19,20). The Morgan fingerprint density at radius 1 is 1.19 bits per heavy atom. The zero-order valence-electron chi connectivity index (χ0n) is 10.9. The summed E-state index contributed by atoms with van der Waals surface area (Å²) in [5.41, 5.74) is 0.218. The van der Waals surface area contributed by atoms with Crippen molar-refractivity contribution < 1.29 is 22.3 Å². The van der Waals surface area contributed by atoms with Gasteiger partial charge in [0.15, 0.2) is 0 Å². The van der Waals surface area contributed by atoms with Gasteiger partial charge in [-0.15, -0.1) is 0 Å². The lowest BCUT2D eigenvalue weighted by atomic mass is 10.2. The van der Waals surface area contributed by atoms with Crippen molar-refractivity contribution in [2.24, 2.45) is 0 Å². The van der Waals surface area contributed by atoms with E-state index in [0.29, 0.717) is 0 Å². The largest absolute Gasteiger partial charge is 0.473 e. The van der Waals surface area contributed by atoms with Crippen LogP contribution in [0.5, 0.6) is 5.88 Å². The predicted molar refractivity (Wildman–Crippen MR) is 67.3 cm³/mol. The molecular weight excluding hydrogens is 290 g/mol. The number of hydrogen-bond donors (Lipinski definition) is 1. The van der Waals surface area contributed by atoms with Crippen molar-refractivity contribution >= 4 is 5.82 Å². The van der Waals surface area contributed by atoms with Crippen molar-refractivity contribution in [1.29, 1.82) is 0 Å². The molecule has 112 valence electrons. The van der Waals surface area contributed by atoms with Gasteiger partial charge in [-0.3, -0.25) is 0 Å². The molecule has 0 atom stereocenters. The lowest BCUT2D eigenvalue weighted by Crippen LogP contribution is -2.13. The number of benzene rings is 1. The minimum absolute atomic E-state index is 0.0409. The van der Waals surface area contributed by atoms with Crippen molar-refractivity contribution in [2.45, 2.75) is 12.8 Å². The van der Waals surface area contributed by atoms with Gasteiger partial charge in [-0.1, -0.05) is 18.2 Å². The molecule has 0 unspecified atom stereocenters. The van der Waals surface area contributed by atoms with E-state index in [1.807, 2.05) is 0 Å². The van der Waals surface area contributed by atoms with Crippen molar-refractivity contribution in [1.82, 2.24) is 9.97 Å². The number of halogens is 4. The van der Waals surface area contributed by atoms with Crippen LogP contribution in [0, 0.1) is 5.82 Å². The summed E-state index contributed by atoms with van der Waals surface area (Å²) in [6.07, 6.45) is -4.69. The summed E-state index contributed by atoms with van der Waals surface area (Å²) in [5, 5.41) is 2.48. The summed E-state index contributed by atoms with van der Waals surface area (Å²) in [6, 6.07) is 7.02. The Hall–Kier alpha value is -2.38. The number of hydrogen-bond acceptors (Lipinski definition) is 4. The third-order valence-electron chi connectivity index (χ3n) is 2.55. The third kappa shape index (κ3) is 3.80. The van der Waals surface area contributed by atoms with E-state index in [0.717, 1.165) is 0 Å². The summed E-state index contributed by atoms with van der Waals surface area (Å²) in [4.78, 5) is 6.57. The van der Waals surface area contributed by atoms with Crippen LogP contribution in [0.25, 0.3) is 0 Å². The maximum absolute atomic E-state index is 13.4. The monoisotopic (exact) mass is 301 g/mol. The number of alkyl halides is 3. The molecule has 1 N–H and O–H groups in total. The summed E-state index contributed by atoms with van der Waals surface area (Å²) >= 11 is 0. The molecule has 0 aliphatic heterocycles. The van der Waals surface area contributed by atoms with E-state index in [1.54, 1.807) is 6.07 Å². The first-order valence-electron chi connectivity index (χ1n) is 5.90. The number of nitrogens with zero attached hydrogens (tertiary/aromatic N) is 2. The van der Waals surface area contributed by atoms with Gasteiger partial charge in [0.2, 0.25) is 11.7 Å². The Labute approximate surface area is 117 Å². The van der Waals surface area contributed by atoms with E-state index < -0.39 is 17.8 Å². The Bertz CT molecular complexity index is 631. The lowest BCUT2D eigenvalue weighted by molar-refractivity contribution is -0.145. The van der Waals surface area contributed by atoms with Crippen LogP contribution in [-0.4, -0.2) is 17.0 Å². The summed E-state index contributed by atoms with van der Waals surface area (Å²) < 4.78 is 56.5. The van der Waals surface area contributed by atoms with E-state index in [-0.39, 0.29) is 23.9 Å². The molecule has 1 aromatic heterocycles. The van der Waals surface area contributed by atoms with Crippen molar-refractivity contribution in [2.75, 3.05) is 12.4 Å². The molecule has 1 aromatic carbocycles. The number of nitrogens with one attached hydrogen (secondary N) is 1. The molecule has 1 heterocycles. The zero-order valence-corrected chi connectivity index (χ0v) is 10.9. The van der Waals surface area contributed by atoms with Crippen molar-refractivity contribution in [3.05, 3.63) is 47.5 Å². The highest BCUT2D eigenvalue weighted by Crippen LogP contribution is 2.29. The van der Waals surface area contributed by atoms with Gasteiger partial charge >= 0.3 is 6.18 Å². The predicted octanol–water partition coefficient (Wildman–Crippen LogP) is 3.26. The molecule has 0 bridgehead atoms. The molecule has 0 spiro atoms. The van der Waals surface area contributed by atoms with Gasteiger partial charge in [-0.05, 0) is 6.07 Å².